The van der Waals surface area contributed by atoms with Crippen LogP contribution >= 0.6 is 11.3 Å². The van der Waals surface area contributed by atoms with E-state index in [-0.39, 0.29) is 0 Å². The summed E-state index contributed by atoms with van der Waals surface area (Å²) in [6.45, 7) is 1.79. The summed E-state index contributed by atoms with van der Waals surface area (Å²) >= 11 is 1.33. The fourth-order valence-electron chi connectivity index (χ4n) is 1.48. The fourth-order valence-corrected chi connectivity index (χ4v) is 3.13. The smallest absolute Gasteiger partial charge is 0.264 e. The zero-order valence-electron chi connectivity index (χ0n) is 11.2. The molecule has 1 amide bonds. The Balaban J connectivity index is 2.12. The zero-order valence-corrected chi connectivity index (χ0v) is 12.8. The highest BCUT2D eigenvalue weighted by Gasteiger charge is 2.18. The summed E-state index contributed by atoms with van der Waals surface area (Å²) in [6, 6.07) is 2.04. The number of benzene rings is 1. The second-order valence-corrected chi connectivity index (χ2v) is 7.11. The van der Waals surface area contributed by atoms with Gasteiger partial charge in [-0.2, -0.15) is 0 Å². The Morgan fingerprint density at radius 1 is 1.32 bits per heavy atom. The maximum Gasteiger partial charge on any atom is 0.264 e. The molecule has 2 aromatic rings. The van der Waals surface area contributed by atoms with Gasteiger partial charge in [-0.05, 0) is 31.2 Å². The van der Waals surface area contributed by atoms with Crippen molar-refractivity contribution in [2.45, 2.75) is 11.8 Å². The predicted molar refractivity (Wildman–Crippen MR) is 77.6 cm³/mol. The predicted octanol–water partition coefficient (Wildman–Crippen LogP) is 2.25. The number of aromatic nitrogens is 1. The van der Waals surface area contributed by atoms with Crippen molar-refractivity contribution in [3.63, 3.8) is 0 Å². The Morgan fingerprint density at radius 2 is 2.05 bits per heavy atom. The number of rotatable bonds is 4. The molecular weight excluding hydrogens is 334 g/mol. The van der Waals surface area contributed by atoms with E-state index in [1.807, 2.05) is 0 Å². The molecule has 0 saturated heterocycles. The lowest BCUT2D eigenvalue weighted by atomic mass is 10.3. The molecule has 1 N–H and O–H groups in total. The lowest BCUT2D eigenvalue weighted by molar-refractivity contribution is -0.114. The first-order valence-corrected chi connectivity index (χ1v) is 8.20. The van der Waals surface area contributed by atoms with E-state index in [9.17, 15) is 22.0 Å². The van der Waals surface area contributed by atoms with Crippen LogP contribution < -0.4 is 4.72 Å². The van der Waals surface area contributed by atoms with Gasteiger partial charge < -0.3 is 0 Å². The zero-order chi connectivity index (χ0) is 16.3. The van der Waals surface area contributed by atoms with Gasteiger partial charge in [-0.25, -0.2) is 26.9 Å². The lowest BCUT2D eigenvalue weighted by Gasteiger charge is -2.05. The van der Waals surface area contributed by atoms with Crippen molar-refractivity contribution >= 4 is 33.3 Å². The average Bonchev–Trinajstić information content (AvgIpc) is 2.85. The Labute approximate surface area is 129 Å². The molecule has 5 nitrogen and oxygen atoms in total. The van der Waals surface area contributed by atoms with Crippen LogP contribution in [0.25, 0.3) is 6.08 Å². The number of carbonyl (C=O) groups excluding carboxylic acids is 1. The number of nitrogens with one attached hydrogen (secondary N) is 1. The molecule has 0 atom stereocenters. The van der Waals surface area contributed by atoms with Gasteiger partial charge in [0.2, 0.25) is 0 Å². The summed E-state index contributed by atoms with van der Waals surface area (Å²) in [6.07, 6.45) is 3.96. The van der Waals surface area contributed by atoms with Gasteiger partial charge in [0.05, 0.1) is 9.90 Å². The number of nitrogens with zero attached hydrogens (tertiary/aromatic N) is 1. The van der Waals surface area contributed by atoms with Crippen molar-refractivity contribution in [3.05, 3.63) is 52.0 Å². The summed E-state index contributed by atoms with van der Waals surface area (Å²) in [5.74, 6) is -3.40. The number of halogens is 2. The molecule has 0 saturated carbocycles. The monoisotopic (exact) mass is 344 g/mol. The number of sulfonamides is 1. The SMILES string of the molecule is Cc1ncc(C=CC(=O)NS(=O)(=O)c2ccc(F)c(F)c2)s1. The van der Waals surface area contributed by atoms with Crippen molar-refractivity contribution in [1.29, 1.82) is 0 Å². The molecule has 9 heteroatoms. The highest BCUT2D eigenvalue weighted by atomic mass is 32.2. The molecule has 0 radical (unpaired) electrons. The van der Waals surface area contributed by atoms with Crippen molar-refractivity contribution in [2.75, 3.05) is 0 Å². The minimum Gasteiger partial charge on any atom is -0.269 e. The molecule has 1 heterocycles. The summed E-state index contributed by atoms with van der Waals surface area (Å²) in [5, 5.41) is 0.800. The van der Waals surface area contributed by atoms with E-state index >= 15 is 0 Å². The largest absolute Gasteiger partial charge is 0.269 e. The van der Waals surface area contributed by atoms with Gasteiger partial charge in [-0.1, -0.05) is 0 Å². The van der Waals surface area contributed by atoms with E-state index in [2.05, 4.69) is 4.98 Å². The standard InChI is InChI=1S/C13H10F2N2O3S2/c1-8-16-7-9(21-8)2-5-13(18)17-22(19,20)10-3-4-11(14)12(15)6-10/h2-7H,1H3,(H,17,18). The Morgan fingerprint density at radius 3 is 2.64 bits per heavy atom. The van der Waals surface area contributed by atoms with Crippen LogP contribution in [0.5, 0.6) is 0 Å². The van der Waals surface area contributed by atoms with Gasteiger partial charge in [0.15, 0.2) is 11.6 Å². The third-order valence-electron chi connectivity index (χ3n) is 2.47. The maximum absolute atomic E-state index is 13.0. The first-order chi connectivity index (χ1) is 10.3. The first-order valence-electron chi connectivity index (χ1n) is 5.90. The first kappa shape index (κ1) is 16.2. The van der Waals surface area contributed by atoms with Crippen molar-refractivity contribution in [1.82, 2.24) is 9.71 Å². The minimum absolute atomic E-state index is 0.501. The van der Waals surface area contributed by atoms with E-state index < -0.39 is 32.5 Å². The highest BCUT2D eigenvalue weighted by molar-refractivity contribution is 7.90. The van der Waals surface area contributed by atoms with Crippen molar-refractivity contribution in [2.24, 2.45) is 0 Å². The average molecular weight is 344 g/mol. The molecular formula is C13H10F2N2O3S2. The molecule has 1 aromatic carbocycles. The maximum atomic E-state index is 13.0. The Hall–Kier alpha value is -2.13. The van der Waals surface area contributed by atoms with Gasteiger partial charge in [-0.15, -0.1) is 11.3 Å². The van der Waals surface area contributed by atoms with E-state index in [4.69, 9.17) is 0 Å². The van der Waals surface area contributed by atoms with Crippen LogP contribution in [0.1, 0.15) is 9.88 Å². The normalized spacial score (nSPS) is 11.8. The van der Waals surface area contributed by atoms with Crippen LogP contribution in [0, 0.1) is 18.6 Å². The van der Waals surface area contributed by atoms with E-state index in [1.165, 1.54) is 23.6 Å². The number of thiazole rings is 1. The molecule has 0 bridgehead atoms. The number of hydrogen-bond donors (Lipinski definition) is 1. The van der Waals surface area contributed by atoms with E-state index in [1.54, 1.807) is 11.6 Å². The van der Waals surface area contributed by atoms with Crippen LogP contribution in [0.15, 0.2) is 35.4 Å². The summed E-state index contributed by atoms with van der Waals surface area (Å²) in [7, 11) is -4.27. The number of amides is 1. The topological polar surface area (TPSA) is 76.1 Å². The lowest BCUT2D eigenvalue weighted by Crippen LogP contribution is -2.29. The Kier molecular flexibility index (Phi) is 4.67. The van der Waals surface area contributed by atoms with Crippen molar-refractivity contribution in [3.8, 4) is 0 Å². The van der Waals surface area contributed by atoms with Gasteiger partial charge in [0.25, 0.3) is 15.9 Å². The number of aryl methyl sites for hydroxylation is 1. The molecule has 0 unspecified atom stereocenters. The molecule has 2 rings (SSSR count). The van der Waals surface area contributed by atoms with Gasteiger partial charge >= 0.3 is 0 Å². The van der Waals surface area contributed by atoms with Crippen LogP contribution in [-0.4, -0.2) is 19.3 Å². The molecule has 0 aliphatic heterocycles. The number of carbonyl (C=O) groups is 1. The molecule has 22 heavy (non-hydrogen) atoms. The summed E-state index contributed by atoms with van der Waals surface area (Å²) < 4.78 is 51.3. The molecule has 116 valence electrons. The minimum atomic E-state index is -4.27. The molecule has 1 aromatic heterocycles. The second-order valence-electron chi connectivity index (χ2n) is 4.16. The third-order valence-corrected chi connectivity index (χ3v) is 4.70. The quantitative estimate of drug-likeness (QED) is 0.863. The van der Waals surface area contributed by atoms with Gasteiger partial charge in [-0.3, -0.25) is 4.79 Å². The molecule has 0 spiro atoms. The van der Waals surface area contributed by atoms with Crippen LogP contribution in [-0.2, 0) is 14.8 Å². The molecule has 0 aliphatic rings. The second kappa shape index (κ2) is 6.32. The fraction of sp³-hybridized carbons (Fsp3) is 0.0769. The highest BCUT2D eigenvalue weighted by Crippen LogP contribution is 2.15. The molecule has 0 fully saturated rings. The van der Waals surface area contributed by atoms with Crippen LogP contribution in [0.2, 0.25) is 0 Å². The van der Waals surface area contributed by atoms with Crippen LogP contribution in [0.4, 0.5) is 8.78 Å². The summed E-state index contributed by atoms with van der Waals surface area (Å²) in [4.78, 5) is 15.7. The number of hydrogen-bond acceptors (Lipinski definition) is 5. The van der Waals surface area contributed by atoms with Crippen LogP contribution in [0.3, 0.4) is 0 Å². The Bertz CT molecular complexity index is 845. The van der Waals surface area contributed by atoms with Gasteiger partial charge in [0, 0.05) is 17.2 Å². The molecule has 0 aliphatic carbocycles. The van der Waals surface area contributed by atoms with E-state index in [0.717, 1.165) is 17.2 Å². The van der Waals surface area contributed by atoms with Crippen molar-refractivity contribution < 1.29 is 22.0 Å². The van der Waals surface area contributed by atoms with Gasteiger partial charge in [0.1, 0.15) is 0 Å². The van der Waals surface area contributed by atoms with E-state index in [0.29, 0.717) is 17.0 Å². The summed E-state index contributed by atoms with van der Waals surface area (Å²) in [5.41, 5.74) is 0. The third kappa shape index (κ3) is 3.95.